The summed E-state index contributed by atoms with van der Waals surface area (Å²) >= 11 is 0. The van der Waals surface area contributed by atoms with Gasteiger partial charge in [0.2, 0.25) is 0 Å². The van der Waals surface area contributed by atoms with E-state index >= 15 is 0 Å². The molecule has 4 nitrogen and oxygen atoms in total. The van der Waals surface area contributed by atoms with Gasteiger partial charge in [-0.05, 0) is 36.6 Å². The fourth-order valence-corrected chi connectivity index (χ4v) is 2.96. The predicted molar refractivity (Wildman–Crippen MR) is 83.5 cm³/mol. The van der Waals surface area contributed by atoms with Gasteiger partial charge >= 0.3 is 0 Å². The van der Waals surface area contributed by atoms with Gasteiger partial charge in [0, 0.05) is 30.9 Å². The number of ether oxygens (including phenoxy) is 1. The number of nitrogens with one attached hydrogen (secondary N) is 1. The van der Waals surface area contributed by atoms with Crippen LogP contribution in [0.1, 0.15) is 37.4 Å². The van der Waals surface area contributed by atoms with Crippen molar-refractivity contribution in [3.05, 3.63) is 47.8 Å². The largest absolute Gasteiger partial charge is 0.493 e. The predicted octanol–water partition coefficient (Wildman–Crippen LogP) is 2.95. The minimum atomic E-state index is 0.374. The number of benzene rings is 1. The first kappa shape index (κ1) is 14.1. The van der Waals surface area contributed by atoms with Gasteiger partial charge in [0.1, 0.15) is 5.75 Å². The second-order valence-corrected chi connectivity index (χ2v) is 5.72. The van der Waals surface area contributed by atoms with Crippen molar-refractivity contribution in [1.82, 2.24) is 15.1 Å². The minimum absolute atomic E-state index is 0.374. The van der Waals surface area contributed by atoms with Gasteiger partial charge in [0.25, 0.3) is 0 Å². The van der Waals surface area contributed by atoms with Crippen LogP contribution in [0.5, 0.6) is 5.75 Å². The minimum Gasteiger partial charge on any atom is -0.493 e. The molecule has 4 heteroatoms. The van der Waals surface area contributed by atoms with E-state index in [1.54, 1.807) is 0 Å². The lowest BCUT2D eigenvalue weighted by molar-refractivity contribution is 0.356. The van der Waals surface area contributed by atoms with Gasteiger partial charge in [-0.15, -0.1) is 0 Å². The third kappa shape index (κ3) is 3.27. The van der Waals surface area contributed by atoms with E-state index in [-0.39, 0.29) is 0 Å². The van der Waals surface area contributed by atoms with E-state index in [1.165, 1.54) is 11.1 Å². The third-order valence-corrected chi connectivity index (χ3v) is 4.03. The van der Waals surface area contributed by atoms with Crippen LogP contribution in [-0.2, 0) is 13.0 Å². The molecule has 1 aromatic heterocycles. The maximum atomic E-state index is 5.59. The molecule has 21 heavy (non-hydrogen) atoms. The zero-order valence-electron chi connectivity index (χ0n) is 12.7. The fraction of sp³-hybridized carbons (Fsp3) is 0.471. The van der Waals surface area contributed by atoms with Gasteiger partial charge < -0.3 is 10.1 Å². The van der Waals surface area contributed by atoms with E-state index in [0.717, 1.165) is 31.7 Å². The summed E-state index contributed by atoms with van der Waals surface area (Å²) in [7, 11) is 0. The molecule has 2 aromatic rings. The molecule has 1 aliphatic heterocycles. The molecule has 2 unspecified atom stereocenters. The average molecular weight is 285 g/mol. The quantitative estimate of drug-likeness (QED) is 0.887. The van der Waals surface area contributed by atoms with Crippen LogP contribution >= 0.6 is 0 Å². The molecule has 1 aromatic carbocycles. The molecule has 0 amide bonds. The number of hydrogen-bond acceptors (Lipinski definition) is 3. The zero-order chi connectivity index (χ0) is 14.7. The van der Waals surface area contributed by atoms with Gasteiger partial charge in [-0.2, -0.15) is 5.10 Å². The lowest BCUT2D eigenvalue weighted by Crippen LogP contribution is -2.33. The Hall–Kier alpha value is -1.81. The van der Waals surface area contributed by atoms with Gasteiger partial charge in [-0.25, -0.2) is 0 Å². The van der Waals surface area contributed by atoms with Crippen LogP contribution in [0.4, 0.5) is 0 Å². The van der Waals surface area contributed by atoms with E-state index in [4.69, 9.17) is 4.74 Å². The summed E-state index contributed by atoms with van der Waals surface area (Å²) < 4.78 is 7.56. The Morgan fingerprint density at radius 3 is 3.10 bits per heavy atom. The van der Waals surface area contributed by atoms with E-state index < -0.39 is 0 Å². The molecule has 2 atom stereocenters. The summed E-state index contributed by atoms with van der Waals surface area (Å²) in [5.41, 5.74) is 2.70. The zero-order valence-corrected chi connectivity index (χ0v) is 12.7. The van der Waals surface area contributed by atoms with Crippen LogP contribution in [0.3, 0.4) is 0 Å². The monoisotopic (exact) mass is 285 g/mol. The number of hydrogen-bond donors (Lipinski definition) is 1. The molecule has 2 heterocycles. The van der Waals surface area contributed by atoms with Crippen molar-refractivity contribution < 1.29 is 4.74 Å². The van der Waals surface area contributed by atoms with Gasteiger partial charge in [0.05, 0.1) is 13.2 Å². The summed E-state index contributed by atoms with van der Waals surface area (Å²) in [6.07, 6.45) is 5.93. The highest BCUT2D eigenvalue weighted by Gasteiger charge is 2.17. The summed E-state index contributed by atoms with van der Waals surface area (Å²) in [4.78, 5) is 0. The molecule has 0 saturated heterocycles. The SMILES string of the molecule is CCC(NC(C)Cn1cccn1)c1ccc2c(c1)CCO2. The summed E-state index contributed by atoms with van der Waals surface area (Å²) in [5, 5.41) is 7.98. The average Bonchev–Trinajstić information content (AvgIpc) is 3.14. The Morgan fingerprint density at radius 1 is 1.43 bits per heavy atom. The summed E-state index contributed by atoms with van der Waals surface area (Å²) in [6, 6.07) is 9.31. The van der Waals surface area contributed by atoms with Crippen molar-refractivity contribution >= 4 is 0 Å². The summed E-state index contributed by atoms with van der Waals surface area (Å²) in [6.45, 7) is 6.14. The highest BCUT2D eigenvalue weighted by atomic mass is 16.5. The molecule has 3 rings (SSSR count). The highest BCUT2D eigenvalue weighted by molar-refractivity contribution is 5.40. The van der Waals surface area contributed by atoms with Crippen LogP contribution in [0.2, 0.25) is 0 Å². The molecule has 112 valence electrons. The van der Waals surface area contributed by atoms with Crippen LogP contribution in [0.15, 0.2) is 36.7 Å². The lowest BCUT2D eigenvalue weighted by atomic mass is 10.00. The first-order chi connectivity index (χ1) is 10.3. The number of rotatable bonds is 6. The molecule has 1 N–H and O–H groups in total. The molecule has 0 spiro atoms. The van der Waals surface area contributed by atoms with E-state index in [9.17, 15) is 0 Å². The van der Waals surface area contributed by atoms with Crippen molar-refractivity contribution in [2.75, 3.05) is 6.61 Å². The Balaban J connectivity index is 1.67. The van der Waals surface area contributed by atoms with Crippen molar-refractivity contribution in [2.24, 2.45) is 0 Å². The van der Waals surface area contributed by atoms with Crippen molar-refractivity contribution in [3.63, 3.8) is 0 Å². The molecule has 0 bridgehead atoms. The Labute approximate surface area is 126 Å². The number of fused-ring (bicyclic) bond motifs is 1. The number of nitrogens with zero attached hydrogens (tertiary/aromatic N) is 2. The Kier molecular flexibility index (Phi) is 4.25. The lowest BCUT2D eigenvalue weighted by Gasteiger charge is -2.23. The Bertz CT molecular complexity index is 580. The van der Waals surface area contributed by atoms with Crippen molar-refractivity contribution in [2.45, 2.75) is 45.3 Å². The molecule has 1 aliphatic rings. The van der Waals surface area contributed by atoms with E-state index in [0.29, 0.717) is 12.1 Å². The molecule has 0 aliphatic carbocycles. The maximum Gasteiger partial charge on any atom is 0.122 e. The highest BCUT2D eigenvalue weighted by Crippen LogP contribution is 2.29. The first-order valence-electron chi connectivity index (χ1n) is 7.75. The molecule has 0 radical (unpaired) electrons. The topological polar surface area (TPSA) is 39.1 Å². The molecular formula is C17H23N3O. The van der Waals surface area contributed by atoms with Crippen LogP contribution < -0.4 is 10.1 Å². The molecule has 0 saturated carbocycles. The van der Waals surface area contributed by atoms with Gasteiger partial charge in [-0.3, -0.25) is 4.68 Å². The van der Waals surface area contributed by atoms with E-state index in [1.807, 2.05) is 23.1 Å². The van der Waals surface area contributed by atoms with E-state index in [2.05, 4.69) is 42.5 Å². The third-order valence-electron chi connectivity index (χ3n) is 4.03. The van der Waals surface area contributed by atoms with Gasteiger partial charge in [-0.1, -0.05) is 19.1 Å². The Morgan fingerprint density at radius 2 is 2.33 bits per heavy atom. The second kappa shape index (κ2) is 6.31. The van der Waals surface area contributed by atoms with Crippen molar-refractivity contribution in [3.8, 4) is 5.75 Å². The fourth-order valence-electron chi connectivity index (χ4n) is 2.96. The maximum absolute atomic E-state index is 5.59. The first-order valence-corrected chi connectivity index (χ1v) is 7.75. The standard InChI is InChI=1S/C17H23N3O/c1-3-16(19-13(2)12-20-9-4-8-18-20)14-5-6-17-15(11-14)7-10-21-17/h4-6,8-9,11,13,16,19H,3,7,10,12H2,1-2H3. The smallest absolute Gasteiger partial charge is 0.122 e. The van der Waals surface area contributed by atoms with Crippen molar-refractivity contribution in [1.29, 1.82) is 0 Å². The normalized spacial score (nSPS) is 16.3. The van der Waals surface area contributed by atoms with Crippen LogP contribution in [0, 0.1) is 0 Å². The van der Waals surface area contributed by atoms with Crippen LogP contribution in [0.25, 0.3) is 0 Å². The molecule has 0 fully saturated rings. The summed E-state index contributed by atoms with van der Waals surface area (Å²) in [5.74, 6) is 1.05. The molecular weight excluding hydrogens is 262 g/mol. The van der Waals surface area contributed by atoms with Gasteiger partial charge in [0.15, 0.2) is 0 Å². The van der Waals surface area contributed by atoms with Crippen LogP contribution in [-0.4, -0.2) is 22.4 Å². The number of aromatic nitrogens is 2. The second-order valence-electron chi connectivity index (χ2n) is 5.72.